The van der Waals surface area contributed by atoms with Gasteiger partial charge >= 0.3 is 6.09 Å². The third-order valence-electron chi connectivity index (χ3n) is 8.44. The second-order valence-corrected chi connectivity index (χ2v) is 12.9. The quantitative estimate of drug-likeness (QED) is 0.164. The molecule has 0 saturated heterocycles. The maximum Gasteiger partial charge on any atom is 0.408 e. The smallest absolute Gasteiger partial charge is 0.408 e. The van der Waals surface area contributed by atoms with Crippen molar-refractivity contribution in [3.8, 4) is 0 Å². The monoisotopic (exact) mass is 599 g/mol. The molecule has 3 rings (SSSR count). The molecule has 1 fully saturated rings. The summed E-state index contributed by atoms with van der Waals surface area (Å²) in [5.74, 6) is -0.494. The molecule has 10 nitrogen and oxygen atoms in total. The molecule has 0 aliphatic heterocycles. The number of nitrogens with one attached hydrogen (secondary N) is 3. The topological polar surface area (TPSA) is 160 Å². The minimum absolute atomic E-state index is 0.0290. The van der Waals surface area contributed by atoms with Crippen LogP contribution in [-0.4, -0.2) is 87.6 Å². The molecule has 2 aromatic rings. The number of rotatable bonds is 15. The molecule has 10 heteroatoms. The number of benzene rings is 2. The van der Waals surface area contributed by atoms with Crippen molar-refractivity contribution in [1.29, 1.82) is 0 Å². The van der Waals surface area contributed by atoms with Gasteiger partial charge in [-0.1, -0.05) is 74.5 Å². The van der Waals surface area contributed by atoms with E-state index in [4.69, 9.17) is 4.74 Å². The number of alkyl carbamates (subject to hydrolysis) is 1. The van der Waals surface area contributed by atoms with E-state index >= 15 is 0 Å². The molecule has 0 bridgehead atoms. The molecule has 238 valence electrons. The van der Waals surface area contributed by atoms with Gasteiger partial charge in [-0.05, 0) is 57.1 Å². The van der Waals surface area contributed by atoms with Crippen LogP contribution in [0.1, 0.15) is 58.1 Å². The number of hydrogen-bond donors (Lipinski definition) is 7. The van der Waals surface area contributed by atoms with Crippen molar-refractivity contribution >= 4 is 12.0 Å². The highest BCUT2D eigenvalue weighted by atomic mass is 16.6. The molecular weight excluding hydrogens is 550 g/mol. The summed E-state index contributed by atoms with van der Waals surface area (Å²) >= 11 is 0. The Kier molecular flexibility index (Phi) is 12.1. The van der Waals surface area contributed by atoms with E-state index in [1.165, 1.54) is 0 Å². The lowest BCUT2D eigenvalue weighted by Crippen LogP contribution is -2.59. The van der Waals surface area contributed by atoms with Gasteiger partial charge in [-0.2, -0.15) is 0 Å². The average molecular weight is 600 g/mol. The number of carbonyl (C=O) groups excluding carboxylic acids is 2. The van der Waals surface area contributed by atoms with Crippen LogP contribution in [0.2, 0.25) is 0 Å². The van der Waals surface area contributed by atoms with E-state index in [1.807, 2.05) is 74.5 Å². The first-order valence-electron chi connectivity index (χ1n) is 15.0. The fourth-order valence-electron chi connectivity index (χ4n) is 5.47. The highest BCUT2D eigenvalue weighted by Gasteiger charge is 2.53. The SMILES string of the molecule is CC(C)(CO)OC(=O)N[C@@H](Cc1ccccc1)[C@H](O)CNC[C@@H](O)[C@H](Cc1ccccc1)NC(=O)C1(O)CCCC1(C)C. The van der Waals surface area contributed by atoms with Gasteiger partial charge in [0.2, 0.25) is 0 Å². The standard InChI is InChI=1S/C33H49N3O7/c1-31(2)16-11-17-33(31,42)29(40)35-25(18-23-12-7-5-8-13-23)27(38)20-34-21-28(39)26(19-24-14-9-6-10-15-24)36-30(41)43-32(3,4)22-37/h5-10,12-15,25-28,34,37-39,42H,11,16-22H2,1-4H3,(H,35,40)(H,36,41)/t25-,26-,27+,28+,33?/m0/s1. The van der Waals surface area contributed by atoms with Crippen LogP contribution in [0.5, 0.6) is 0 Å². The van der Waals surface area contributed by atoms with Crippen molar-refractivity contribution < 1.29 is 34.8 Å². The van der Waals surface area contributed by atoms with Crippen LogP contribution in [0.4, 0.5) is 4.79 Å². The van der Waals surface area contributed by atoms with Crippen LogP contribution in [0.3, 0.4) is 0 Å². The van der Waals surface area contributed by atoms with Gasteiger partial charge in [0.25, 0.3) is 5.91 Å². The number of aliphatic hydroxyl groups excluding tert-OH is 3. The van der Waals surface area contributed by atoms with Gasteiger partial charge in [-0.15, -0.1) is 0 Å². The molecule has 0 spiro atoms. The predicted molar refractivity (Wildman–Crippen MR) is 164 cm³/mol. The number of hydrogen-bond acceptors (Lipinski definition) is 8. The summed E-state index contributed by atoms with van der Waals surface area (Å²) in [6, 6.07) is 17.4. The lowest BCUT2D eigenvalue weighted by molar-refractivity contribution is -0.151. The van der Waals surface area contributed by atoms with Crippen molar-refractivity contribution in [3.63, 3.8) is 0 Å². The van der Waals surface area contributed by atoms with Gasteiger partial charge in [-0.3, -0.25) is 4.79 Å². The van der Waals surface area contributed by atoms with E-state index < -0.39 is 52.9 Å². The number of ether oxygens (including phenoxy) is 1. The van der Waals surface area contributed by atoms with Crippen LogP contribution in [0, 0.1) is 5.41 Å². The first kappa shape index (κ1) is 34.5. The molecule has 0 radical (unpaired) electrons. The molecule has 0 heterocycles. The summed E-state index contributed by atoms with van der Waals surface area (Å²) in [5.41, 5.74) is -1.39. The van der Waals surface area contributed by atoms with Crippen LogP contribution < -0.4 is 16.0 Å². The molecule has 1 unspecified atom stereocenters. The highest BCUT2D eigenvalue weighted by molar-refractivity contribution is 5.86. The van der Waals surface area contributed by atoms with E-state index in [1.54, 1.807) is 13.8 Å². The van der Waals surface area contributed by atoms with Gasteiger partial charge in [0, 0.05) is 18.5 Å². The third-order valence-corrected chi connectivity index (χ3v) is 8.44. The van der Waals surface area contributed by atoms with E-state index in [0.717, 1.165) is 24.0 Å². The molecule has 7 N–H and O–H groups in total. The Labute approximate surface area is 254 Å². The maximum absolute atomic E-state index is 13.4. The molecule has 2 aromatic carbocycles. The van der Waals surface area contributed by atoms with E-state index in [-0.39, 0.29) is 19.7 Å². The van der Waals surface area contributed by atoms with Gasteiger partial charge in [0.15, 0.2) is 0 Å². The number of amides is 2. The number of aliphatic hydroxyl groups is 4. The molecule has 43 heavy (non-hydrogen) atoms. The normalized spacial score (nSPS) is 20.9. The van der Waals surface area contributed by atoms with E-state index in [2.05, 4.69) is 16.0 Å². The van der Waals surface area contributed by atoms with Crippen molar-refractivity contribution in [3.05, 3.63) is 71.8 Å². The molecule has 5 atom stereocenters. The van der Waals surface area contributed by atoms with Crippen LogP contribution >= 0.6 is 0 Å². The predicted octanol–water partition coefficient (Wildman–Crippen LogP) is 2.07. The summed E-state index contributed by atoms with van der Waals surface area (Å²) in [7, 11) is 0. The molecule has 1 aliphatic rings. The Morgan fingerprint density at radius 1 is 0.860 bits per heavy atom. The van der Waals surface area contributed by atoms with Gasteiger partial charge < -0.3 is 41.1 Å². The number of carbonyl (C=O) groups is 2. The Morgan fingerprint density at radius 3 is 1.79 bits per heavy atom. The van der Waals surface area contributed by atoms with Crippen molar-refractivity contribution in [2.75, 3.05) is 19.7 Å². The van der Waals surface area contributed by atoms with E-state index in [9.17, 15) is 30.0 Å². The minimum Gasteiger partial charge on any atom is -0.441 e. The summed E-state index contributed by atoms with van der Waals surface area (Å²) in [5, 5.41) is 51.7. The lowest BCUT2D eigenvalue weighted by Gasteiger charge is -2.37. The second-order valence-electron chi connectivity index (χ2n) is 12.9. The third kappa shape index (κ3) is 9.74. The van der Waals surface area contributed by atoms with Gasteiger partial charge in [0.05, 0.1) is 30.9 Å². The Morgan fingerprint density at radius 2 is 1.35 bits per heavy atom. The van der Waals surface area contributed by atoms with Crippen molar-refractivity contribution in [2.45, 2.75) is 95.3 Å². The Hall–Kier alpha value is -3.02. The van der Waals surface area contributed by atoms with Crippen molar-refractivity contribution in [2.24, 2.45) is 5.41 Å². The average Bonchev–Trinajstić information content (AvgIpc) is 3.25. The van der Waals surface area contributed by atoms with Crippen molar-refractivity contribution in [1.82, 2.24) is 16.0 Å². The molecule has 1 aliphatic carbocycles. The summed E-state index contributed by atoms with van der Waals surface area (Å²) in [6.45, 7) is 6.63. The highest BCUT2D eigenvalue weighted by Crippen LogP contribution is 2.46. The first-order chi connectivity index (χ1) is 20.3. The summed E-state index contributed by atoms with van der Waals surface area (Å²) < 4.78 is 5.31. The Bertz CT molecular complexity index is 1160. The molecule has 1 saturated carbocycles. The second kappa shape index (κ2) is 15.1. The summed E-state index contributed by atoms with van der Waals surface area (Å²) in [6.07, 6.45) is -0.367. The zero-order valence-electron chi connectivity index (χ0n) is 25.8. The lowest BCUT2D eigenvalue weighted by atomic mass is 9.77. The molecular formula is C33H49N3O7. The molecule has 0 aromatic heterocycles. The minimum atomic E-state index is -1.53. The van der Waals surface area contributed by atoms with E-state index in [0.29, 0.717) is 19.3 Å². The van der Waals surface area contributed by atoms with Crippen LogP contribution in [0.15, 0.2) is 60.7 Å². The summed E-state index contributed by atoms with van der Waals surface area (Å²) in [4.78, 5) is 25.9. The fourth-order valence-corrected chi connectivity index (χ4v) is 5.47. The first-order valence-corrected chi connectivity index (χ1v) is 15.0. The van der Waals surface area contributed by atoms with Gasteiger partial charge in [0.1, 0.15) is 11.2 Å². The van der Waals surface area contributed by atoms with Crippen LogP contribution in [-0.2, 0) is 22.4 Å². The van der Waals surface area contributed by atoms with Gasteiger partial charge in [-0.25, -0.2) is 4.79 Å². The maximum atomic E-state index is 13.4. The van der Waals surface area contributed by atoms with Crippen LogP contribution in [0.25, 0.3) is 0 Å². The Balaban J connectivity index is 1.66. The molecule has 2 amide bonds. The largest absolute Gasteiger partial charge is 0.441 e. The zero-order chi connectivity index (χ0) is 31.7. The fraction of sp³-hybridized carbons (Fsp3) is 0.576. The zero-order valence-corrected chi connectivity index (χ0v) is 25.8.